The Kier molecular flexibility index (Phi) is 11.3. The molecule has 1 aromatic carbocycles. The highest BCUT2D eigenvalue weighted by molar-refractivity contribution is 6.00. The number of anilines is 1. The maximum absolute atomic E-state index is 13.1. The number of aliphatic hydroxyl groups excluding tert-OH is 1. The second kappa shape index (κ2) is 13.7. The predicted molar refractivity (Wildman–Crippen MR) is 114 cm³/mol. The molecule has 1 heterocycles. The number of hydrogen-bond donors (Lipinski definition) is 8. The zero-order valence-corrected chi connectivity index (χ0v) is 18.3. The first-order chi connectivity index (χ1) is 16.7. The number of rotatable bonds is 8. The van der Waals surface area contributed by atoms with Crippen molar-refractivity contribution in [3.05, 3.63) is 23.8 Å². The van der Waals surface area contributed by atoms with Gasteiger partial charge in [-0.3, -0.25) is 14.4 Å². The molecule has 0 saturated carbocycles. The maximum Gasteiger partial charge on any atom is 0.490 e. The molecule has 0 radical (unpaired) electrons. The second-order valence-corrected chi connectivity index (χ2v) is 7.09. The normalized spacial score (nSPS) is 15.7. The lowest BCUT2D eigenvalue weighted by Crippen LogP contribution is -2.44. The molecule has 0 aliphatic carbocycles. The number of carboxylic acids is 2. The Morgan fingerprint density at radius 1 is 1.17 bits per heavy atom. The van der Waals surface area contributed by atoms with Gasteiger partial charge in [-0.15, -0.1) is 0 Å². The first kappa shape index (κ1) is 29.9. The summed E-state index contributed by atoms with van der Waals surface area (Å²) in [5.74, 6) is -5.21. The molecule has 17 heteroatoms. The van der Waals surface area contributed by atoms with E-state index in [0.717, 1.165) is 0 Å². The van der Waals surface area contributed by atoms with E-state index >= 15 is 0 Å². The van der Waals surface area contributed by atoms with Crippen molar-refractivity contribution in [3.63, 3.8) is 0 Å². The molecule has 1 unspecified atom stereocenters. The number of nitrogens with one attached hydrogen (secondary N) is 4. The summed E-state index contributed by atoms with van der Waals surface area (Å²) < 4.78 is 44.8. The van der Waals surface area contributed by atoms with Crippen LogP contribution in [0.2, 0.25) is 0 Å². The van der Waals surface area contributed by atoms with Crippen molar-refractivity contribution < 1.29 is 57.2 Å². The number of carbonyl (C=O) groups is 4. The van der Waals surface area contributed by atoms with Crippen LogP contribution in [-0.4, -0.2) is 94.8 Å². The Morgan fingerprint density at radius 2 is 1.81 bits per heavy atom. The van der Waals surface area contributed by atoms with Crippen molar-refractivity contribution in [1.29, 1.82) is 0 Å². The third kappa shape index (κ3) is 11.3. The fraction of sp³-hybridized carbons (Fsp3) is 0.421. The molecule has 13 nitrogen and oxygen atoms in total. The summed E-state index contributed by atoms with van der Waals surface area (Å²) in [6, 6.07) is 2.96. The van der Waals surface area contributed by atoms with E-state index < -0.39 is 61.7 Å². The van der Waals surface area contributed by atoms with Crippen LogP contribution in [0.25, 0.3) is 0 Å². The Labute approximate surface area is 200 Å². The quantitative estimate of drug-likeness (QED) is 0.202. The van der Waals surface area contributed by atoms with Crippen LogP contribution in [0.1, 0.15) is 16.8 Å². The minimum absolute atomic E-state index is 0.00663. The summed E-state index contributed by atoms with van der Waals surface area (Å²) in [6.45, 7) is -0.939. The lowest BCUT2D eigenvalue weighted by atomic mass is 10.1. The summed E-state index contributed by atoms with van der Waals surface area (Å²) in [5, 5.41) is 44.9. The molecule has 8 N–H and O–H groups in total. The Morgan fingerprint density at radius 3 is 2.31 bits per heavy atom. The Bertz CT molecular complexity index is 989. The first-order valence-electron chi connectivity index (χ1n) is 9.95. The van der Waals surface area contributed by atoms with E-state index in [2.05, 4.69) is 26.3 Å². The van der Waals surface area contributed by atoms with Gasteiger partial charge in [0.15, 0.2) is 5.96 Å². The van der Waals surface area contributed by atoms with Crippen LogP contribution in [0.5, 0.6) is 5.75 Å². The van der Waals surface area contributed by atoms with Gasteiger partial charge in [-0.25, -0.2) is 14.2 Å². The lowest BCUT2D eigenvalue weighted by molar-refractivity contribution is -0.192. The molecule has 0 aromatic heterocycles. The van der Waals surface area contributed by atoms with Gasteiger partial charge in [0.05, 0.1) is 38.7 Å². The highest BCUT2D eigenvalue weighted by Crippen LogP contribution is 2.20. The lowest BCUT2D eigenvalue weighted by Gasteiger charge is -2.19. The molecule has 0 bridgehead atoms. The molecule has 0 spiro atoms. The van der Waals surface area contributed by atoms with E-state index in [-0.39, 0.29) is 24.4 Å². The van der Waals surface area contributed by atoms with Crippen molar-refractivity contribution in [3.8, 4) is 5.75 Å². The molecular formula is C19H23F4N5O8. The van der Waals surface area contributed by atoms with Crippen molar-refractivity contribution in [2.45, 2.75) is 24.8 Å². The number of carboxylic acid groups (broad SMARTS) is 2. The van der Waals surface area contributed by atoms with E-state index in [9.17, 15) is 37.1 Å². The third-order valence-electron chi connectivity index (χ3n) is 4.04. The van der Waals surface area contributed by atoms with E-state index in [0.29, 0.717) is 11.6 Å². The van der Waals surface area contributed by atoms with E-state index in [1.807, 2.05) is 0 Å². The highest BCUT2D eigenvalue weighted by Gasteiger charge is 2.38. The molecule has 0 saturated heterocycles. The molecule has 36 heavy (non-hydrogen) atoms. The van der Waals surface area contributed by atoms with Gasteiger partial charge in [-0.2, -0.15) is 13.2 Å². The molecule has 2 rings (SSSR count). The van der Waals surface area contributed by atoms with Gasteiger partial charge in [0.2, 0.25) is 5.91 Å². The minimum Gasteiger partial charge on any atom is -0.508 e. The fourth-order valence-corrected chi connectivity index (χ4v) is 2.47. The van der Waals surface area contributed by atoms with E-state index in [4.69, 9.17) is 20.1 Å². The van der Waals surface area contributed by atoms with Gasteiger partial charge in [-0.05, 0) is 12.1 Å². The van der Waals surface area contributed by atoms with Crippen LogP contribution in [0.4, 0.5) is 23.2 Å². The fourth-order valence-electron chi connectivity index (χ4n) is 2.47. The zero-order valence-electron chi connectivity index (χ0n) is 18.3. The van der Waals surface area contributed by atoms with Crippen LogP contribution in [0.15, 0.2) is 23.2 Å². The number of phenolic OH excluding ortho intramolecular Hbond substituents is 1. The summed E-state index contributed by atoms with van der Waals surface area (Å²) in [6.07, 6.45) is -6.63. The smallest absolute Gasteiger partial charge is 0.490 e. The number of guanidine groups is 1. The van der Waals surface area contributed by atoms with Crippen molar-refractivity contribution in [2.75, 3.05) is 31.6 Å². The second-order valence-electron chi connectivity index (χ2n) is 7.09. The average Bonchev–Trinajstić information content (AvgIpc) is 2.77. The topological polar surface area (TPSA) is 210 Å². The standard InChI is InChI=1S/C17H22FN5O6.C2HF3O2/c18-10-5-20-17(21-6-10)23-11-1-9(2-13(25)3-11)16(29)19-7-14(26)22-12(8-24)4-15(27)28;3-2(4,5)1(6)7/h1-3,10,12,24-25H,4-8H2,(H,19,29)(H,22,26)(H,27,28)(H2,20,21,23);(H,6,7)/t12-;/m0./s1. The number of aliphatic carboxylic acids is 2. The molecule has 200 valence electrons. The summed E-state index contributed by atoms with van der Waals surface area (Å²) >= 11 is 0. The number of amides is 2. The largest absolute Gasteiger partial charge is 0.508 e. The minimum atomic E-state index is -5.08. The maximum atomic E-state index is 13.1. The number of alkyl halides is 4. The SMILES string of the molecule is O=C(O)C(F)(F)F.O=C(O)C[C@@H](CO)NC(=O)CNC(=O)c1cc(O)cc(NC2=NCC(F)CN2)c1. The third-order valence-corrected chi connectivity index (χ3v) is 4.04. The molecule has 2 atom stereocenters. The molecule has 1 aliphatic heterocycles. The van der Waals surface area contributed by atoms with Crippen molar-refractivity contribution in [2.24, 2.45) is 4.99 Å². The number of benzene rings is 1. The number of aliphatic imine (C=N–C) groups is 1. The van der Waals surface area contributed by atoms with E-state index in [1.54, 1.807) is 0 Å². The van der Waals surface area contributed by atoms with Crippen LogP contribution in [0.3, 0.4) is 0 Å². The molecule has 2 amide bonds. The van der Waals surface area contributed by atoms with Gasteiger partial charge in [-0.1, -0.05) is 0 Å². The molecular weight excluding hydrogens is 502 g/mol. The van der Waals surface area contributed by atoms with Gasteiger partial charge < -0.3 is 41.7 Å². The van der Waals surface area contributed by atoms with Crippen LogP contribution in [0, 0.1) is 0 Å². The van der Waals surface area contributed by atoms with Crippen LogP contribution in [-0.2, 0) is 14.4 Å². The number of halogens is 4. The van der Waals surface area contributed by atoms with Gasteiger partial charge in [0, 0.05) is 17.3 Å². The molecule has 0 fully saturated rings. The predicted octanol–water partition coefficient (Wildman–Crippen LogP) is -0.584. The monoisotopic (exact) mass is 525 g/mol. The van der Waals surface area contributed by atoms with Crippen LogP contribution < -0.4 is 21.3 Å². The summed E-state index contributed by atoms with van der Waals surface area (Å²) in [7, 11) is 0. The van der Waals surface area contributed by atoms with Crippen molar-refractivity contribution in [1.82, 2.24) is 16.0 Å². The van der Waals surface area contributed by atoms with Crippen LogP contribution >= 0.6 is 0 Å². The summed E-state index contributed by atoms with van der Waals surface area (Å²) in [5.41, 5.74) is 0.370. The van der Waals surface area contributed by atoms with E-state index in [1.165, 1.54) is 18.2 Å². The molecule has 1 aliphatic rings. The number of phenols is 1. The number of aliphatic hydroxyl groups is 1. The van der Waals surface area contributed by atoms with Gasteiger partial charge in [0.1, 0.15) is 11.9 Å². The first-order valence-corrected chi connectivity index (χ1v) is 9.95. The van der Waals surface area contributed by atoms with Gasteiger partial charge in [0.25, 0.3) is 5.91 Å². The average molecular weight is 525 g/mol. The Hall–Kier alpha value is -4.15. The van der Waals surface area contributed by atoms with Crippen molar-refractivity contribution >= 4 is 35.4 Å². The number of nitrogens with zero attached hydrogens (tertiary/aromatic N) is 1. The van der Waals surface area contributed by atoms with Gasteiger partial charge >= 0.3 is 18.1 Å². The highest BCUT2D eigenvalue weighted by atomic mass is 19.4. The number of hydrogen-bond acceptors (Lipinski definition) is 9. The molecule has 1 aromatic rings. The number of carbonyl (C=O) groups excluding carboxylic acids is 2. The number of aromatic hydroxyl groups is 1. The summed E-state index contributed by atoms with van der Waals surface area (Å²) in [4.78, 5) is 47.5. The zero-order chi connectivity index (χ0) is 27.5. The Balaban J connectivity index is 0.000000809.